The van der Waals surface area contributed by atoms with Crippen LogP contribution in [0.15, 0.2) is 53.7 Å². The van der Waals surface area contributed by atoms with E-state index < -0.39 is 5.25 Å². The maximum Gasteiger partial charge on any atom is 0.237 e. The van der Waals surface area contributed by atoms with Gasteiger partial charge >= 0.3 is 0 Å². The number of halogens is 2. The van der Waals surface area contributed by atoms with Crippen LogP contribution in [-0.2, 0) is 11.3 Å². The molecule has 1 amide bonds. The van der Waals surface area contributed by atoms with Crippen LogP contribution in [0.25, 0.3) is 0 Å². The van der Waals surface area contributed by atoms with E-state index in [1.165, 1.54) is 11.8 Å². The molecule has 0 saturated heterocycles. The molecule has 0 spiro atoms. The minimum absolute atomic E-state index is 0.120. The van der Waals surface area contributed by atoms with Gasteiger partial charge in [0, 0.05) is 5.02 Å². The fourth-order valence-corrected chi connectivity index (χ4v) is 4.56. The number of amides is 1. The van der Waals surface area contributed by atoms with E-state index in [1.54, 1.807) is 18.2 Å². The zero-order valence-corrected chi connectivity index (χ0v) is 20.9. The first-order valence-corrected chi connectivity index (χ1v) is 12.0. The summed E-state index contributed by atoms with van der Waals surface area (Å²) in [5.41, 5.74) is 1.63. The van der Waals surface area contributed by atoms with Gasteiger partial charge in [-0.2, -0.15) is 0 Å². The third-order valence-electron chi connectivity index (χ3n) is 5.07. The van der Waals surface area contributed by atoms with Crippen LogP contribution in [0, 0.1) is 0 Å². The summed E-state index contributed by atoms with van der Waals surface area (Å²) in [6.45, 7) is 4.59. The van der Waals surface area contributed by atoms with Crippen molar-refractivity contribution in [1.29, 1.82) is 0 Å². The fraction of sp³-hybridized carbons (Fsp3) is 0.348. The van der Waals surface area contributed by atoms with Gasteiger partial charge in [0.2, 0.25) is 5.91 Å². The van der Waals surface area contributed by atoms with Crippen LogP contribution < -0.4 is 5.32 Å². The number of hydrogen-bond donors (Lipinski definition) is 1. The number of carbonyl (C=O) groups is 1. The molecule has 3 aromatic rings. The Morgan fingerprint density at radius 3 is 2.53 bits per heavy atom. The lowest BCUT2D eigenvalue weighted by molar-refractivity contribution is -0.115. The van der Waals surface area contributed by atoms with Gasteiger partial charge in [0.05, 0.1) is 28.5 Å². The van der Waals surface area contributed by atoms with Gasteiger partial charge in [0.25, 0.3) is 0 Å². The number of thioether (sulfide) groups is 1. The normalized spacial score (nSPS) is 13.2. The lowest BCUT2D eigenvalue weighted by Crippen LogP contribution is -2.25. The van der Waals surface area contributed by atoms with Crippen LogP contribution in [0.3, 0.4) is 0 Å². The molecule has 0 radical (unpaired) electrons. The summed E-state index contributed by atoms with van der Waals surface area (Å²) in [7, 11) is 4.07. The number of aromatic nitrogens is 3. The summed E-state index contributed by atoms with van der Waals surface area (Å²) in [6.07, 6.45) is 0.897. The average molecular weight is 492 g/mol. The smallest absolute Gasteiger partial charge is 0.237 e. The van der Waals surface area contributed by atoms with Gasteiger partial charge in [-0.1, -0.05) is 72.2 Å². The Morgan fingerprint density at radius 1 is 1.16 bits per heavy atom. The molecule has 2 aromatic carbocycles. The Kier molecular flexibility index (Phi) is 8.59. The zero-order chi connectivity index (χ0) is 23.3. The van der Waals surface area contributed by atoms with Crippen molar-refractivity contribution in [2.24, 2.45) is 0 Å². The standard InChI is InChI=1S/C23H27Cl2N5OS/c1-5-20(29(3)4)21-27-28-23(30(21)14-16-9-7-6-8-10-16)32-15(2)22(31)26-19-13-17(24)11-12-18(19)25/h6-13,15,20H,5,14H2,1-4H3,(H,26,31). The Bertz CT molecular complexity index is 1060. The van der Waals surface area contributed by atoms with Crippen molar-refractivity contribution in [3.05, 3.63) is 70.0 Å². The van der Waals surface area contributed by atoms with Crippen LogP contribution in [0.5, 0.6) is 0 Å². The molecule has 0 saturated carbocycles. The quantitative estimate of drug-likeness (QED) is 0.385. The molecule has 1 heterocycles. The fourth-order valence-electron chi connectivity index (χ4n) is 3.37. The molecule has 2 atom stereocenters. The molecule has 9 heteroatoms. The number of carbonyl (C=O) groups excluding carboxylic acids is 1. The van der Waals surface area contributed by atoms with Crippen molar-refractivity contribution in [3.8, 4) is 0 Å². The van der Waals surface area contributed by atoms with Crippen molar-refractivity contribution in [2.45, 2.75) is 43.3 Å². The molecule has 0 aliphatic carbocycles. The summed E-state index contributed by atoms with van der Waals surface area (Å²) in [5.74, 6) is 0.698. The van der Waals surface area contributed by atoms with Crippen molar-refractivity contribution in [2.75, 3.05) is 19.4 Å². The Morgan fingerprint density at radius 2 is 1.88 bits per heavy atom. The third-order valence-corrected chi connectivity index (χ3v) is 6.72. The van der Waals surface area contributed by atoms with Gasteiger partial charge in [-0.3, -0.25) is 9.69 Å². The predicted octanol–water partition coefficient (Wildman–Crippen LogP) is 5.77. The van der Waals surface area contributed by atoms with Gasteiger partial charge in [0.1, 0.15) is 0 Å². The predicted molar refractivity (Wildman–Crippen MR) is 133 cm³/mol. The number of benzene rings is 2. The van der Waals surface area contributed by atoms with Crippen LogP contribution in [0.4, 0.5) is 5.69 Å². The molecule has 2 unspecified atom stereocenters. The first-order valence-electron chi connectivity index (χ1n) is 10.4. The molecule has 32 heavy (non-hydrogen) atoms. The van der Waals surface area contributed by atoms with Crippen LogP contribution in [0.1, 0.15) is 37.7 Å². The van der Waals surface area contributed by atoms with E-state index in [9.17, 15) is 4.79 Å². The number of anilines is 1. The highest BCUT2D eigenvalue weighted by Gasteiger charge is 2.25. The lowest BCUT2D eigenvalue weighted by Gasteiger charge is -2.23. The Balaban J connectivity index is 1.85. The van der Waals surface area contributed by atoms with Crippen molar-refractivity contribution in [3.63, 3.8) is 0 Å². The van der Waals surface area contributed by atoms with Gasteiger partial charge in [-0.15, -0.1) is 10.2 Å². The van der Waals surface area contributed by atoms with Crippen LogP contribution in [0.2, 0.25) is 10.0 Å². The summed E-state index contributed by atoms with van der Waals surface area (Å²) >= 11 is 13.6. The van der Waals surface area contributed by atoms with Gasteiger partial charge in [-0.25, -0.2) is 0 Å². The molecular weight excluding hydrogens is 465 g/mol. The maximum atomic E-state index is 12.9. The van der Waals surface area contributed by atoms with Crippen molar-refractivity contribution < 1.29 is 4.79 Å². The Hall–Kier alpha value is -2.06. The molecule has 0 aliphatic rings. The topological polar surface area (TPSA) is 63.1 Å². The summed E-state index contributed by atoms with van der Waals surface area (Å²) in [6, 6.07) is 15.3. The molecule has 1 N–H and O–H groups in total. The first kappa shape index (κ1) is 24.6. The van der Waals surface area contributed by atoms with Crippen LogP contribution in [-0.4, -0.2) is 44.9 Å². The number of rotatable bonds is 9. The summed E-state index contributed by atoms with van der Waals surface area (Å²) in [4.78, 5) is 15.0. The average Bonchev–Trinajstić information content (AvgIpc) is 3.13. The number of nitrogens with zero attached hydrogens (tertiary/aromatic N) is 4. The second-order valence-electron chi connectivity index (χ2n) is 7.67. The van der Waals surface area contributed by atoms with Gasteiger partial charge in [0.15, 0.2) is 11.0 Å². The van der Waals surface area contributed by atoms with Crippen LogP contribution >= 0.6 is 35.0 Å². The third kappa shape index (κ3) is 6.04. The molecule has 0 aliphatic heterocycles. The second-order valence-corrected chi connectivity index (χ2v) is 9.83. The van der Waals surface area contributed by atoms with E-state index in [0.29, 0.717) is 27.4 Å². The monoisotopic (exact) mass is 491 g/mol. The van der Waals surface area contributed by atoms with E-state index in [1.807, 2.05) is 39.2 Å². The highest BCUT2D eigenvalue weighted by atomic mass is 35.5. The minimum atomic E-state index is -0.420. The summed E-state index contributed by atoms with van der Waals surface area (Å²) < 4.78 is 2.10. The lowest BCUT2D eigenvalue weighted by atomic mass is 10.2. The highest BCUT2D eigenvalue weighted by Crippen LogP contribution is 2.30. The first-order chi connectivity index (χ1) is 15.3. The SMILES string of the molecule is CCC(c1nnc(SC(C)C(=O)Nc2cc(Cl)ccc2Cl)n1Cc1ccccc1)N(C)C. The zero-order valence-electron chi connectivity index (χ0n) is 18.5. The number of hydrogen-bond acceptors (Lipinski definition) is 5. The number of nitrogens with one attached hydrogen (secondary N) is 1. The van der Waals surface area contributed by atoms with E-state index in [4.69, 9.17) is 23.2 Å². The van der Waals surface area contributed by atoms with Gasteiger partial charge in [-0.05, 0) is 51.2 Å². The maximum absolute atomic E-state index is 12.9. The van der Waals surface area contributed by atoms with Crippen molar-refractivity contribution >= 4 is 46.6 Å². The highest BCUT2D eigenvalue weighted by molar-refractivity contribution is 8.00. The van der Waals surface area contributed by atoms with Gasteiger partial charge < -0.3 is 9.88 Å². The second kappa shape index (κ2) is 11.2. The molecule has 0 fully saturated rings. The molecule has 6 nitrogen and oxygen atoms in total. The van der Waals surface area contributed by atoms with Crippen molar-refractivity contribution in [1.82, 2.24) is 19.7 Å². The Labute approximate surface area is 203 Å². The molecule has 1 aromatic heterocycles. The van der Waals surface area contributed by atoms with E-state index in [2.05, 4.69) is 44.0 Å². The molecule has 0 bridgehead atoms. The summed E-state index contributed by atoms with van der Waals surface area (Å²) in [5, 5.41) is 13.0. The minimum Gasteiger partial charge on any atom is -0.324 e. The van der Waals surface area contributed by atoms with E-state index in [-0.39, 0.29) is 11.9 Å². The van der Waals surface area contributed by atoms with E-state index >= 15 is 0 Å². The largest absolute Gasteiger partial charge is 0.324 e. The van der Waals surface area contributed by atoms with E-state index in [0.717, 1.165) is 17.8 Å². The molecular formula is C23H27Cl2N5OS. The molecule has 170 valence electrons. The molecule has 3 rings (SSSR count).